The number of rotatable bonds is 7. The van der Waals surface area contributed by atoms with Crippen molar-refractivity contribution in [2.45, 2.75) is 6.42 Å². The maximum atomic E-state index is 12.6. The summed E-state index contributed by atoms with van der Waals surface area (Å²) in [4.78, 5) is 36.4. The van der Waals surface area contributed by atoms with E-state index in [0.29, 0.717) is 30.8 Å². The van der Waals surface area contributed by atoms with Gasteiger partial charge in [-0.05, 0) is 30.3 Å². The molecule has 1 aromatic heterocycles. The highest BCUT2D eigenvalue weighted by Crippen LogP contribution is 2.34. The SMILES string of the molecule is O=C(O)CNC(=O)CCN1C(=O)/C(=C\c2ccc(-c3ccc(Cl)c(Cl)c3)o2)SC1=S. The highest BCUT2D eigenvalue weighted by Gasteiger charge is 2.32. The normalized spacial score (nSPS) is 15.1. The summed E-state index contributed by atoms with van der Waals surface area (Å²) in [7, 11) is 0. The van der Waals surface area contributed by atoms with E-state index < -0.39 is 18.4 Å². The van der Waals surface area contributed by atoms with Crippen LogP contribution in [0.2, 0.25) is 10.0 Å². The number of thiocarbonyl (C=S) groups is 1. The summed E-state index contributed by atoms with van der Waals surface area (Å²) >= 11 is 18.3. The maximum Gasteiger partial charge on any atom is 0.322 e. The first kappa shape index (κ1) is 22.4. The Balaban J connectivity index is 1.67. The molecule has 1 aliphatic heterocycles. The van der Waals surface area contributed by atoms with Gasteiger partial charge in [-0.3, -0.25) is 19.3 Å². The quantitative estimate of drug-likeness (QED) is 0.451. The molecule has 0 unspecified atom stereocenters. The lowest BCUT2D eigenvalue weighted by molar-refractivity contribution is -0.138. The first-order valence-electron chi connectivity index (χ1n) is 8.53. The van der Waals surface area contributed by atoms with Gasteiger partial charge in [-0.1, -0.05) is 47.2 Å². The third-order valence-electron chi connectivity index (χ3n) is 3.98. The number of hydrogen-bond donors (Lipinski definition) is 2. The zero-order valence-electron chi connectivity index (χ0n) is 15.2. The van der Waals surface area contributed by atoms with Gasteiger partial charge in [0.25, 0.3) is 5.91 Å². The number of thioether (sulfide) groups is 1. The van der Waals surface area contributed by atoms with Gasteiger partial charge in [-0.2, -0.15) is 0 Å². The summed E-state index contributed by atoms with van der Waals surface area (Å²) < 4.78 is 6.09. The first-order valence-corrected chi connectivity index (χ1v) is 10.5. The van der Waals surface area contributed by atoms with Gasteiger partial charge in [-0.25, -0.2) is 0 Å². The third kappa shape index (κ3) is 5.42. The highest BCUT2D eigenvalue weighted by molar-refractivity contribution is 8.26. The van der Waals surface area contributed by atoms with E-state index >= 15 is 0 Å². The van der Waals surface area contributed by atoms with Crippen molar-refractivity contribution in [2.24, 2.45) is 0 Å². The van der Waals surface area contributed by atoms with Crippen LogP contribution >= 0.6 is 47.2 Å². The molecule has 0 aliphatic carbocycles. The van der Waals surface area contributed by atoms with Crippen LogP contribution in [0.3, 0.4) is 0 Å². The molecular formula is C19H14Cl2N2O5S2. The van der Waals surface area contributed by atoms with E-state index in [1.807, 2.05) is 0 Å². The Morgan fingerprint density at radius 2 is 2.00 bits per heavy atom. The van der Waals surface area contributed by atoms with Crippen LogP contribution in [0.5, 0.6) is 0 Å². The van der Waals surface area contributed by atoms with E-state index in [1.165, 1.54) is 4.90 Å². The van der Waals surface area contributed by atoms with Crippen LogP contribution in [0, 0.1) is 0 Å². The van der Waals surface area contributed by atoms with E-state index in [9.17, 15) is 14.4 Å². The summed E-state index contributed by atoms with van der Waals surface area (Å²) in [5.74, 6) is -0.951. The van der Waals surface area contributed by atoms with Crippen molar-refractivity contribution in [1.82, 2.24) is 10.2 Å². The molecule has 11 heteroatoms. The van der Waals surface area contributed by atoms with Crippen molar-refractivity contribution in [2.75, 3.05) is 13.1 Å². The number of amides is 2. The maximum absolute atomic E-state index is 12.6. The van der Waals surface area contributed by atoms with Crippen LogP contribution < -0.4 is 5.32 Å². The number of benzene rings is 1. The largest absolute Gasteiger partial charge is 0.480 e. The van der Waals surface area contributed by atoms with Crippen LogP contribution in [0.1, 0.15) is 12.2 Å². The number of aliphatic carboxylic acids is 1. The van der Waals surface area contributed by atoms with Gasteiger partial charge in [0.05, 0.1) is 15.0 Å². The Morgan fingerprint density at radius 1 is 1.23 bits per heavy atom. The average molecular weight is 485 g/mol. The Hall–Kier alpha value is -2.33. The number of halogens is 2. The second kappa shape index (κ2) is 9.65. The van der Waals surface area contributed by atoms with Crippen molar-refractivity contribution in [3.05, 3.63) is 51.0 Å². The Labute approximate surface area is 191 Å². The molecule has 0 atom stereocenters. The van der Waals surface area contributed by atoms with Crippen LogP contribution in [-0.4, -0.2) is 45.2 Å². The molecule has 2 amide bonds. The van der Waals surface area contributed by atoms with Crippen molar-refractivity contribution in [3.63, 3.8) is 0 Å². The minimum Gasteiger partial charge on any atom is -0.480 e. The lowest BCUT2D eigenvalue weighted by Crippen LogP contribution is -2.35. The Bertz CT molecular complexity index is 1070. The Kier molecular flexibility index (Phi) is 7.19. The standard InChI is InChI=1S/C19H14Cl2N2O5S2/c20-12-3-1-10(7-13(12)21)14-4-2-11(28-14)8-15-18(27)23(19(29)30-15)6-5-16(24)22-9-17(25)26/h1-4,7-8H,5-6,9H2,(H,22,24)(H,25,26)/b15-8+. The molecule has 1 saturated heterocycles. The fourth-order valence-electron chi connectivity index (χ4n) is 2.53. The van der Waals surface area contributed by atoms with Crippen LogP contribution in [0.25, 0.3) is 17.4 Å². The molecule has 156 valence electrons. The van der Waals surface area contributed by atoms with Gasteiger partial charge in [-0.15, -0.1) is 0 Å². The molecule has 30 heavy (non-hydrogen) atoms. The third-order valence-corrected chi connectivity index (χ3v) is 6.09. The number of carbonyl (C=O) groups excluding carboxylic acids is 2. The molecular weight excluding hydrogens is 471 g/mol. The zero-order chi connectivity index (χ0) is 21.8. The summed E-state index contributed by atoms with van der Waals surface area (Å²) in [6, 6.07) is 8.58. The monoisotopic (exact) mass is 484 g/mol. The molecule has 0 saturated carbocycles. The van der Waals surface area contributed by atoms with Crippen LogP contribution in [0.4, 0.5) is 0 Å². The van der Waals surface area contributed by atoms with E-state index in [0.717, 1.165) is 17.3 Å². The number of nitrogens with zero attached hydrogens (tertiary/aromatic N) is 1. The van der Waals surface area contributed by atoms with Crippen LogP contribution in [-0.2, 0) is 14.4 Å². The molecule has 2 N–H and O–H groups in total. The number of hydrogen-bond acceptors (Lipinski definition) is 6. The lowest BCUT2D eigenvalue weighted by atomic mass is 10.2. The Morgan fingerprint density at radius 3 is 2.70 bits per heavy atom. The summed E-state index contributed by atoms with van der Waals surface area (Å²) in [5.41, 5.74) is 0.740. The van der Waals surface area contributed by atoms with E-state index in [2.05, 4.69) is 5.32 Å². The number of carboxylic acids is 1. The van der Waals surface area contributed by atoms with Crippen molar-refractivity contribution in [1.29, 1.82) is 0 Å². The van der Waals surface area contributed by atoms with Gasteiger partial charge in [0.2, 0.25) is 5.91 Å². The van der Waals surface area contributed by atoms with E-state index in [1.54, 1.807) is 36.4 Å². The summed E-state index contributed by atoms with van der Waals surface area (Å²) in [6.07, 6.45) is 1.51. The van der Waals surface area contributed by atoms with Crippen molar-refractivity contribution >= 4 is 75.4 Å². The summed E-state index contributed by atoms with van der Waals surface area (Å²) in [5, 5.41) is 11.6. The number of carboxylic acid groups (broad SMARTS) is 1. The molecule has 2 aromatic rings. The average Bonchev–Trinajstić information content (AvgIpc) is 3.26. The van der Waals surface area contributed by atoms with Gasteiger partial charge in [0, 0.05) is 24.6 Å². The molecule has 0 spiro atoms. The minimum atomic E-state index is -1.14. The molecule has 1 aromatic carbocycles. The lowest BCUT2D eigenvalue weighted by Gasteiger charge is -2.13. The van der Waals surface area contributed by atoms with E-state index in [4.69, 9.17) is 44.9 Å². The number of carbonyl (C=O) groups is 3. The predicted molar refractivity (Wildman–Crippen MR) is 119 cm³/mol. The smallest absolute Gasteiger partial charge is 0.322 e. The zero-order valence-corrected chi connectivity index (χ0v) is 18.3. The van der Waals surface area contributed by atoms with Gasteiger partial charge in [0.15, 0.2) is 0 Å². The molecule has 0 bridgehead atoms. The molecule has 2 heterocycles. The fourth-order valence-corrected chi connectivity index (χ4v) is 4.12. The molecule has 1 aliphatic rings. The minimum absolute atomic E-state index is 0.0557. The van der Waals surface area contributed by atoms with Gasteiger partial charge in [0.1, 0.15) is 22.4 Å². The molecule has 0 radical (unpaired) electrons. The topological polar surface area (TPSA) is 99.9 Å². The molecule has 3 rings (SSSR count). The highest BCUT2D eigenvalue weighted by atomic mass is 35.5. The molecule has 1 fully saturated rings. The summed E-state index contributed by atoms with van der Waals surface area (Å²) in [6.45, 7) is -0.420. The molecule has 7 nitrogen and oxygen atoms in total. The van der Waals surface area contributed by atoms with Crippen molar-refractivity contribution in [3.8, 4) is 11.3 Å². The predicted octanol–water partition coefficient (Wildman–Crippen LogP) is 4.05. The number of furan rings is 1. The first-order chi connectivity index (χ1) is 14.2. The second-order valence-corrected chi connectivity index (χ2v) is 8.57. The van der Waals surface area contributed by atoms with Gasteiger partial charge < -0.3 is 14.8 Å². The fraction of sp³-hybridized carbons (Fsp3) is 0.158. The number of nitrogens with one attached hydrogen (secondary N) is 1. The second-order valence-electron chi connectivity index (χ2n) is 6.08. The van der Waals surface area contributed by atoms with Crippen LogP contribution in [0.15, 0.2) is 39.7 Å². The van der Waals surface area contributed by atoms with E-state index in [-0.39, 0.29) is 18.9 Å². The van der Waals surface area contributed by atoms with Gasteiger partial charge >= 0.3 is 5.97 Å². The van der Waals surface area contributed by atoms with Crippen molar-refractivity contribution < 1.29 is 23.9 Å².